The Balaban J connectivity index is 2.35. The van der Waals surface area contributed by atoms with Crippen molar-refractivity contribution in [1.29, 1.82) is 0 Å². The molecule has 0 saturated heterocycles. The Hall–Kier alpha value is -1.62. The van der Waals surface area contributed by atoms with Crippen molar-refractivity contribution in [3.05, 3.63) is 29.6 Å². The second kappa shape index (κ2) is 4.71. The van der Waals surface area contributed by atoms with E-state index in [-0.39, 0.29) is 6.10 Å². The summed E-state index contributed by atoms with van der Waals surface area (Å²) in [5, 5.41) is 8.59. The number of hydrogen-bond acceptors (Lipinski definition) is 4. The lowest BCUT2D eigenvalue weighted by atomic mass is 9.90. The molecule has 0 spiro atoms. The third-order valence-electron chi connectivity index (χ3n) is 2.73. The summed E-state index contributed by atoms with van der Waals surface area (Å²) in [5.74, 6) is -1.08. The molecule has 1 N–H and O–H groups in total. The number of aliphatic hydroxyl groups excluding tert-OH is 1. The Labute approximate surface area is 98.0 Å². The lowest BCUT2D eigenvalue weighted by molar-refractivity contribution is -0.154. The summed E-state index contributed by atoms with van der Waals surface area (Å²) in [5.41, 5.74) is 0.474. The van der Waals surface area contributed by atoms with E-state index in [4.69, 9.17) is 9.84 Å². The van der Waals surface area contributed by atoms with Crippen molar-refractivity contribution < 1.29 is 23.8 Å². The van der Waals surface area contributed by atoms with Gasteiger partial charge in [0.25, 0.3) is 0 Å². The van der Waals surface area contributed by atoms with Crippen molar-refractivity contribution in [3.63, 3.8) is 0 Å². The van der Waals surface area contributed by atoms with Gasteiger partial charge < -0.3 is 14.6 Å². The van der Waals surface area contributed by atoms with Crippen LogP contribution >= 0.6 is 0 Å². The fourth-order valence-corrected chi connectivity index (χ4v) is 2.01. The molecule has 2 rings (SSSR count). The quantitative estimate of drug-likeness (QED) is 0.629. The van der Waals surface area contributed by atoms with Gasteiger partial charge in [0.1, 0.15) is 11.6 Å². The number of benzene rings is 1. The zero-order valence-corrected chi connectivity index (χ0v) is 9.35. The minimum absolute atomic E-state index is 0.149. The first kappa shape index (κ1) is 11.9. The van der Waals surface area contributed by atoms with Gasteiger partial charge in [0.05, 0.1) is 12.0 Å². The molecule has 0 bridgehead atoms. The van der Waals surface area contributed by atoms with Crippen LogP contribution in [0.1, 0.15) is 24.8 Å². The van der Waals surface area contributed by atoms with Crippen LogP contribution in [0.3, 0.4) is 0 Å². The molecule has 1 aliphatic rings. The molecule has 4 nitrogen and oxygen atoms in total. The Morgan fingerprint density at radius 1 is 1.65 bits per heavy atom. The van der Waals surface area contributed by atoms with Gasteiger partial charge >= 0.3 is 5.97 Å². The SMILES string of the molecule is CC1CC(C(=O)OCO)c2cc(F)ccc2O1. The van der Waals surface area contributed by atoms with Gasteiger partial charge in [-0.3, -0.25) is 4.79 Å². The summed E-state index contributed by atoms with van der Waals surface area (Å²) in [7, 11) is 0. The van der Waals surface area contributed by atoms with Crippen LogP contribution in [0.2, 0.25) is 0 Å². The van der Waals surface area contributed by atoms with Crippen molar-refractivity contribution in [2.75, 3.05) is 6.79 Å². The van der Waals surface area contributed by atoms with Crippen LogP contribution in [-0.4, -0.2) is 24.0 Å². The van der Waals surface area contributed by atoms with E-state index >= 15 is 0 Å². The number of ether oxygens (including phenoxy) is 2. The molecule has 0 amide bonds. The first-order valence-corrected chi connectivity index (χ1v) is 5.35. The van der Waals surface area contributed by atoms with Crippen molar-refractivity contribution in [3.8, 4) is 5.75 Å². The van der Waals surface area contributed by atoms with Crippen molar-refractivity contribution in [1.82, 2.24) is 0 Å². The molecule has 5 heteroatoms. The number of hydrogen-bond donors (Lipinski definition) is 1. The topological polar surface area (TPSA) is 55.8 Å². The van der Waals surface area contributed by atoms with Gasteiger partial charge in [-0.25, -0.2) is 4.39 Å². The van der Waals surface area contributed by atoms with Crippen LogP contribution in [-0.2, 0) is 9.53 Å². The molecule has 17 heavy (non-hydrogen) atoms. The number of fused-ring (bicyclic) bond motifs is 1. The maximum atomic E-state index is 13.2. The maximum Gasteiger partial charge on any atom is 0.315 e. The molecule has 0 fully saturated rings. The molecule has 1 aromatic rings. The summed E-state index contributed by atoms with van der Waals surface area (Å²) in [4.78, 5) is 11.7. The van der Waals surface area contributed by atoms with Gasteiger partial charge in [-0.2, -0.15) is 0 Å². The average molecular weight is 240 g/mol. The van der Waals surface area contributed by atoms with E-state index in [0.29, 0.717) is 17.7 Å². The van der Waals surface area contributed by atoms with Gasteiger partial charge in [-0.15, -0.1) is 0 Å². The summed E-state index contributed by atoms with van der Waals surface area (Å²) in [6.45, 7) is 1.15. The monoisotopic (exact) mass is 240 g/mol. The molecule has 92 valence electrons. The third kappa shape index (κ3) is 2.39. The van der Waals surface area contributed by atoms with Gasteiger partial charge in [-0.05, 0) is 25.1 Å². The molecular weight excluding hydrogens is 227 g/mol. The van der Waals surface area contributed by atoms with Gasteiger partial charge in [0.15, 0.2) is 6.79 Å². The second-order valence-corrected chi connectivity index (χ2v) is 3.99. The van der Waals surface area contributed by atoms with E-state index in [1.165, 1.54) is 18.2 Å². The van der Waals surface area contributed by atoms with Gasteiger partial charge in [0, 0.05) is 12.0 Å². The smallest absolute Gasteiger partial charge is 0.315 e. The zero-order chi connectivity index (χ0) is 12.4. The summed E-state index contributed by atoms with van der Waals surface area (Å²) < 4.78 is 23.2. The van der Waals surface area contributed by atoms with Crippen LogP contribution < -0.4 is 4.74 Å². The highest BCUT2D eigenvalue weighted by Gasteiger charge is 2.32. The highest BCUT2D eigenvalue weighted by molar-refractivity contribution is 5.79. The van der Waals surface area contributed by atoms with Crippen molar-refractivity contribution in [2.24, 2.45) is 0 Å². The molecule has 0 aromatic heterocycles. The average Bonchev–Trinajstić information content (AvgIpc) is 2.29. The molecule has 1 heterocycles. The normalized spacial score (nSPS) is 22.5. The zero-order valence-electron chi connectivity index (χ0n) is 9.35. The Morgan fingerprint density at radius 2 is 2.41 bits per heavy atom. The van der Waals surface area contributed by atoms with E-state index in [1.54, 1.807) is 0 Å². The molecular formula is C12H13FO4. The van der Waals surface area contributed by atoms with Gasteiger partial charge in [-0.1, -0.05) is 0 Å². The largest absolute Gasteiger partial charge is 0.490 e. The lowest BCUT2D eigenvalue weighted by Gasteiger charge is -2.28. The first-order valence-electron chi connectivity index (χ1n) is 5.35. The van der Waals surface area contributed by atoms with E-state index in [2.05, 4.69) is 4.74 Å². The summed E-state index contributed by atoms with van der Waals surface area (Å²) >= 11 is 0. The highest BCUT2D eigenvalue weighted by atomic mass is 19.1. The fourth-order valence-electron chi connectivity index (χ4n) is 2.01. The third-order valence-corrected chi connectivity index (χ3v) is 2.73. The number of aliphatic hydroxyl groups is 1. The highest BCUT2D eigenvalue weighted by Crippen LogP contribution is 2.37. The molecule has 2 unspecified atom stereocenters. The first-order chi connectivity index (χ1) is 8.11. The number of esters is 1. The minimum Gasteiger partial charge on any atom is -0.490 e. The van der Waals surface area contributed by atoms with Crippen LogP contribution in [0.5, 0.6) is 5.75 Å². The predicted octanol–water partition coefficient (Wildman–Crippen LogP) is 1.57. The standard InChI is InChI=1S/C12H13FO4/c1-7-4-10(12(15)16-6-14)9-5-8(13)2-3-11(9)17-7/h2-3,5,7,10,14H,4,6H2,1H3. The van der Waals surface area contributed by atoms with Crippen molar-refractivity contribution >= 4 is 5.97 Å². The molecule has 2 atom stereocenters. The van der Waals surface area contributed by atoms with Crippen LogP contribution in [0, 0.1) is 5.82 Å². The number of halogens is 1. The molecule has 1 aliphatic heterocycles. The maximum absolute atomic E-state index is 13.2. The minimum atomic E-state index is -0.671. The Morgan fingerprint density at radius 3 is 3.12 bits per heavy atom. The van der Waals surface area contributed by atoms with Crippen molar-refractivity contribution in [2.45, 2.75) is 25.4 Å². The predicted molar refractivity (Wildman–Crippen MR) is 57.0 cm³/mol. The fraction of sp³-hybridized carbons (Fsp3) is 0.417. The summed E-state index contributed by atoms with van der Waals surface area (Å²) in [6.07, 6.45) is 0.263. The molecule has 0 aliphatic carbocycles. The van der Waals surface area contributed by atoms with E-state index < -0.39 is 24.5 Å². The molecule has 0 radical (unpaired) electrons. The summed E-state index contributed by atoms with van der Waals surface area (Å²) in [6, 6.07) is 4.05. The molecule has 1 aromatic carbocycles. The number of carbonyl (C=O) groups excluding carboxylic acids is 1. The van der Waals surface area contributed by atoms with Crippen LogP contribution in [0.4, 0.5) is 4.39 Å². The van der Waals surface area contributed by atoms with E-state index in [9.17, 15) is 9.18 Å². The van der Waals surface area contributed by atoms with Crippen LogP contribution in [0.15, 0.2) is 18.2 Å². The van der Waals surface area contributed by atoms with Gasteiger partial charge in [0.2, 0.25) is 0 Å². The number of rotatable bonds is 2. The Kier molecular flexibility index (Phi) is 3.28. The molecule has 0 saturated carbocycles. The van der Waals surface area contributed by atoms with Crippen LogP contribution in [0.25, 0.3) is 0 Å². The number of carbonyl (C=O) groups is 1. The van der Waals surface area contributed by atoms with E-state index in [0.717, 1.165) is 0 Å². The van der Waals surface area contributed by atoms with E-state index in [1.807, 2.05) is 6.92 Å². The second-order valence-electron chi connectivity index (χ2n) is 3.99. The Bertz CT molecular complexity index is 433. The lowest BCUT2D eigenvalue weighted by Crippen LogP contribution is -2.28.